The van der Waals surface area contributed by atoms with Crippen LogP contribution in [-0.2, 0) is 14.3 Å². The fraction of sp³-hybridized carbons (Fsp3) is 0.357. The van der Waals surface area contributed by atoms with Crippen molar-refractivity contribution in [3.8, 4) is 17.1 Å². The zero-order valence-electron chi connectivity index (χ0n) is 22.0. The van der Waals surface area contributed by atoms with Crippen LogP contribution in [0.1, 0.15) is 50.4 Å². The second-order valence-electron chi connectivity index (χ2n) is 8.95. The molecule has 1 atom stereocenters. The van der Waals surface area contributed by atoms with E-state index >= 15 is 0 Å². The highest BCUT2D eigenvalue weighted by molar-refractivity contribution is 5.98. The van der Waals surface area contributed by atoms with Gasteiger partial charge >= 0.3 is 11.7 Å². The van der Waals surface area contributed by atoms with Crippen LogP contribution in [-0.4, -0.2) is 51.5 Å². The first-order chi connectivity index (χ1) is 18.4. The molecule has 0 radical (unpaired) electrons. The molecule has 2 aromatic heterocycles. The number of carbonyl (C=O) groups is 2. The standard InChI is InChI=1S/C28H34N6O4/c1-4-7-10-24(28(27(29)36)37-18-19-38-28)31-26(35)22-9-8-16-30-25(22)34-17-15-23(32-34)20-11-13-21(14-12-20)33(5-2)6-3/h8-9,11-19,24H,4-7,10H2,1-3H3,(H2,29,36)(H,31,35). The van der Waals surface area contributed by atoms with Gasteiger partial charge in [0.1, 0.15) is 18.6 Å². The molecule has 3 N–H and O–H groups in total. The fourth-order valence-corrected chi connectivity index (χ4v) is 4.52. The van der Waals surface area contributed by atoms with Gasteiger partial charge in [-0.25, -0.2) is 9.67 Å². The van der Waals surface area contributed by atoms with E-state index in [0.29, 0.717) is 12.2 Å². The summed E-state index contributed by atoms with van der Waals surface area (Å²) < 4.78 is 12.5. The summed E-state index contributed by atoms with van der Waals surface area (Å²) in [5.41, 5.74) is 8.77. The number of benzene rings is 1. The van der Waals surface area contributed by atoms with Gasteiger partial charge in [0.05, 0.1) is 11.3 Å². The summed E-state index contributed by atoms with van der Waals surface area (Å²) >= 11 is 0. The number of unbranched alkanes of at least 4 members (excludes halogenated alkanes) is 1. The number of rotatable bonds is 12. The topological polar surface area (TPSA) is 125 Å². The van der Waals surface area contributed by atoms with Gasteiger partial charge in [-0.1, -0.05) is 31.9 Å². The van der Waals surface area contributed by atoms with E-state index in [4.69, 9.17) is 15.2 Å². The molecule has 3 aromatic rings. The number of nitrogens with zero attached hydrogens (tertiary/aromatic N) is 4. The first-order valence-corrected chi connectivity index (χ1v) is 12.9. The van der Waals surface area contributed by atoms with Crippen LogP contribution >= 0.6 is 0 Å². The Morgan fingerprint density at radius 2 is 1.79 bits per heavy atom. The molecule has 38 heavy (non-hydrogen) atoms. The Morgan fingerprint density at radius 3 is 2.42 bits per heavy atom. The highest BCUT2D eigenvalue weighted by atomic mass is 16.7. The molecule has 0 spiro atoms. The van der Waals surface area contributed by atoms with Gasteiger partial charge in [-0.05, 0) is 50.6 Å². The molecule has 1 aliphatic rings. The smallest absolute Gasteiger partial charge is 0.351 e. The van der Waals surface area contributed by atoms with E-state index in [0.717, 1.165) is 42.9 Å². The first-order valence-electron chi connectivity index (χ1n) is 12.9. The van der Waals surface area contributed by atoms with Crippen LogP contribution in [0.25, 0.3) is 17.1 Å². The van der Waals surface area contributed by atoms with E-state index in [-0.39, 0.29) is 5.56 Å². The van der Waals surface area contributed by atoms with E-state index in [1.54, 1.807) is 29.2 Å². The van der Waals surface area contributed by atoms with Crippen LogP contribution in [0.2, 0.25) is 0 Å². The summed E-state index contributed by atoms with van der Waals surface area (Å²) in [5.74, 6) is -2.72. The molecule has 0 bridgehead atoms. The molecule has 1 aliphatic heterocycles. The third kappa shape index (κ3) is 5.34. The van der Waals surface area contributed by atoms with Gasteiger partial charge in [0, 0.05) is 36.7 Å². The van der Waals surface area contributed by atoms with Crippen molar-refractivity contribution in [3.63, 3.8) is 0 Å². The molecule has 1 unspecified atom stereocenters. The molecule has 0 saturated carbocycles. The van der Waals surface area contributed by atoms with Crippen molar-refractivity contribution < 1.29 is 19.1 Å². The van der Waals surface area contributed by atoms with Crippen molar-refractivity contribution in [1.29, 1.82) is 0 Å². The number of anilines is 1. The lowest BCUT2D eigenvalue weighted by Crippen LogP contribution is -2.60. The number of nitrogens with one attached hydrogen (secondary N) is 1. The highest BCUT2D eigenvalue weighted by Gasteiger charge is 2.51. The maximum absolute atomic E-state index is 13.5. The van der Waals surface area contributed by atoms with Crippen LogP contribution in [0.15, 0.2) is 67.4 Å². The minimum atomic E-state index is -1.80. The van der Waals surface area contributed by atoms with Gasteiger partial charge in [0.25, 0.3) is 5.91 Å². The quantitative estimate of drug-likeness (QED) is 0.374. The molecule has 10 nitrogen and oxygen atoms in total. The van der Waals surface area contributed by atoms with E-state index < -0.39 is 23.6 Å². The number of aromatic nitrogens is 3. The largest absolute Gasteiger partial charge is 0.447 e. The Morgan fingerprint density at radius 1 is 1.08 bits per heavy atom. The van der Waals surface area contributed by atoms with Crippen molar-refractivity contribution in [1.82, 2.24) is 20.1 Å². The summed E-state index contributed by atoms with van der Waals surface area (Å²) in [6, 6.07) is 12.6. The van der Waals surface area contributed by atoms with Crippen molar-refractivity contribution in [2.75, 3.05) is 18.0 Å². The second-order valence-corrected chi connectivity index (χ2v) is 8.95. The lowest BCUT2D eigenvalue weighted by atomic mass is 9.99. The van der Waals surface area contributed by atoms with Crippen LogP contribution in [0.5, 0.6) is 0 Å². The van der Waals surface area contributed by atoms with Crippen molar-refractivity contribution >= 4 is 17.5 Å². The lowest BCUT2D eigenvalue weighted by molar-refractivity contribution is -0.182. The summed E-state index contributed by atoms with van der Waals surface area (Å²) in [4.78, 5) is 32.5. The van der Waals surface area contributed by atoms with Crippen molar-refractivity contribution in [2.45, 2.75) is 51.9 Å². The Bertz CT molecular complexity index is 1270. The molecule has 200 valence electrons. The van der Waals surface area contributed by atoms with Gasteiger partial charge in [0.15, 0.2) is 5.82 Å². The van der Waals surface area contributed by atoms with Gasteiger partial charge < -0.3 is 25.4 Å². The molecule has 3 heterocycles. The van der Waals surface area contributed by atoms with Gasteiger partial charge in [0.2, 0.25) is 0 Å². The average molecular weight is 519 g/mol. The molecule has 10 heteroatoms. The number of hydrogen-bond donors (Lipinski definition) is 2. The predicted molar refractivity (Wildman–Crippen MR) is 144 cm³/mol. The Balaban J connectivity index is 1.59. The fourth-order valence-electron chi connectivity index (χ4n) is 4.52. The number of ether oxygens (including phenoxy) is 2. The van der Waals surface area contributed by atoms with Crippen LogP contribution < -0.4 is 16.0 Å². The second kappa shape index (κ2) is 11.8. The summed E-state index contributed by atoms with van der Waals surface area (Å²) in [5, 5.41) is 7.58. The van der Waals surface area contributed by atoms with Gasteiger partial charge in [-0.3, -0.25) is 9.59 Å². The molecule has 0 aliphatic carbocycles. The van der Waals surface area contributed by atoms with E-state index in [1.165, 1.54) is 12.5 Å². The molecule has 0 saturated heterocycles. The highest BCUT2D eigenvalue weighted by Crippen LogP contribution is 2.28. The normalized spacial score (nSPS) is 14.4. The molecule has 2 amide bonds. The average Bonchev–Trinajstić information content (AvgIpc) is 3.63. The number of carbonyl (C=O) groups excluding carboxylic acids is 2. The number of amides is 2. The molecule has 0 fully saturated rings. The Labute approximate surface area is 222 Å². The van der Waals surface area contributed by atoms with Crippen molar-refractivity contribution in [2.24, 2.45) is 5.73 Å². The molecule has 1 aromatic carbocycles. The van der Waals surface area contributed by atoms with Crippen LogP contribution in [0.3, 0.4) is 0 Å². The third-order valence-corrected chi connectivity index (χ3v) is 6.62. The Hall–Kier alpha value is -4.34. The number of nitrogens with two attached hydrogens (primary N) is 1. The maximum atomic E-state index is 13.5. The van der Waals surface area contributed by atoms with Crippen LogP contribution in [0.4, 0.5) is 5.69 Å². The van der Waals surface area contributed by atoms with E-state index in [1.807, 2.05) is 25.1 Å². The number of hydrogen-bond acceptors (Lipinski definition) is 7. The number of pyridine rings is 1. The minimum Gasteiger partial charge on any atom is -0.447 e. The third-order valence-electron chi connectivity index (χ3n) is 6.62. The summed E-state index contributed by atoms with van der Waals surface area (Å²) in [7, 11) is 0. The van der Waals surface area contributed by atoms with Crippen LogP contribution in [0, 0.1) is 0 Å². The SMILES string of the molecule is CCCCC(NC(=O)c1cccnc1-n1ccc(-c2ccc(N(CC)CC)cc2)n1)C1(C(N)=O)OC=CO1. The molecule has 4 rings (SSSR count). The van der Waals surface area contributed by atoms with Gasteiger partial charge in [-0.2, -0.15) is 5.10 Å². The minimum absolute atomic E-state index is 0.283. The Kier molecular flexibility index (Phi) is 8.30. The first kappa shape index (κ1) is 26.7. The molecular formula is C28H34N6O4. The summed E-state index contributed by atoms with van der Waals surface area (Å²) in [6.07, 6.45) is 7.87. The van der Waals surface area contributed by atoms with Gasteiger partial charge in [-0.15, -0.1) is 0 Å². The zero-order valence-corrected chi connectivity index (χ0v) is 22.0. The zero-order chi connectivity index (χ0) is 27.1. The maximum Gasteiger partial charge on any atom is 0.351 e. The predicted octanol–water partition coefficient (Wildman–Crippen LogP) is 3.77. The lowest BCUT2D eigenvalue weighted by Gasteiger charge is -2.33. The number of primary amides is 1. The van der Waals surface area contributed by atoms with E-state index in [9.17, 15) is 9.59 Å². The van der Waals surface area contributed by atoms with Crippen molar-refractivity contribution in [3.05, 3.63) is 72.9 Å². The van der Waals surface area contributed by atoms with E-state index in [2.05, 4.69) is 46.3 Å². The molecular weight excluding hydrogens is 484 g/mol. The summed E-state index contributed by atoms with van der Waals surface area (Å²) in [6.45, 7) is 8.14. The monoisotopic (exact) mass is 518 g/mol.